The molecule has 1 N–H and O–H groups in total. The standard InChI is InChI=1S/C13H23N3S/c1-3-7-14-13(12-6-5-8-17-12)11-9-15-16(4-2)10-11/h9-10,12-14H,3-8H2,1-2H3. The Kier molecular flexibility index (Phi) is 4.92. The summed E-state index contributed by atoms with van der Waals surface area (Å²) in [5, 5.41) is 8.83. The highest BCUT2D eigenvalue weighted by molar-refractivity contribution is 8.00. The largest absolute Gasteiger partial charge is 0.309 e. The molecule has 1 fully saturated rings. The van der Waals surface area contributed by atoms with E-state index in [0.717, 1.165) is 18.3 Å². The number of rotatable bonds is 6. The van der Waals surface area contributed by atoms with Gasteiger partial charge in [0.25, 0.3) is 0 Å². The lowest BCUT2D eigenvalue weighted by atomic mass is 10.0. The lowest BCUT2D eigenvalue weighted by molar-refractivity contribution is 0.502. The lowest BCUT2D eigenvalue weighted by Gasteiger charge is -2.23. The Morgan fingerprint density at radius 1 is 1.59 bits per heavy atom. The third kappa shape index (κ3) is 3.26. The van der Waals surface area contributed by atoms with Crippen molar-refractivity contribution in [2.75, 3.05) is 12.3 Å². The second-order valence-electron chi connectivity index (χ2n) is 4.61. The molecular weight excluding hydrogens is 230 g/mol. The number of nitrogens with one attached hydrogen (secondary N) is 1. The highest BCUT2D eigenvalue weighted by atomic mass is 32.2. The second kappa shape index (κ2) is 6.45. The number of thioether (sulfide) groups is 1. The van der Waals surface area contributed by atoms with Gasteiger partial charge in [0.15, 0.2) is 0 Å². The van der Waals surface area contributed by atoms with Gasteiger partial charge in [-0.15, -0.1) is 0 Å². The van der Waals surface area contributed by atoms with Gasteiger partial charge in [-0.25, -0.2) is 0 Å². The maximum Gasteiger partial charge on any atom is 0.0538 e. The Morgan fingerprint density at radius 3 is 3.06 bits per heavy atom. The van der Waals surface area contributed by atoms with Crippen LogP contribution in [0.3, 0.4) is 0 Å². The zero-order valence-electron chi connectivity index (χ0n) is 10.9. The first-order chi connectivity index (χ1) is 8.35. The van der Waals surface area contributed by atoms with E-state index < -0.39 is 0 Å². The second-order valence-corrected chi connectivity index (χ2v) is 5.96. The summed E-state index contributed by atoms with van der Waals surface area (Å²) in [5.41, 5.74) is 1.36. The van der Waals surface area contributed by atoms with Crippen LogP contribution in [0.15, 0.2) is 12.4 Å². The van der Waals surface area contributed by atoms with Crippen LogP contribution >= 0.6 is 11.8 Å². The summed E-state index contributed by atoms with van der Waals surface area (Å²) in [6, 6.07) is 0.489. The van der Waals surface area contributed by atoms with Gasteiger partial charge in [0.05, 0.1) is 6.20 Å². The normalized spacial score (nSPS) is 21.9. The van der Waals surface area contributed by atoms with Gasteiger partial charge >= 0.3 is 0 Å². The molecule has 1 aliphatic rings. The van der Waals surface area contributed by atoms with Gasteiger partial charge in [-0.2, -0.15) is 16.9 Å². The van der Waals surface area contributed by atoms with E-state index >= 15 is 0 Å². The topological polar surface area (TPSA) is 29.9 Å². The molecule has 0 spiro atoms. The highest BCUT2D eigenvalue weighted by Crippen LogP contribution is 2.35. The average Bonchev–Trinajstić information content (AvgIpc) is 3.00. The van der Waals surface area contributed by atoms with Crippen molar-refractivity contribution in [2.45, 2.75) is 50.9 Å². The summed E-state index contributed by atoms with van der Waals surface area (Å²) >= 11 is 2.11. The van der Waals surface area contributed by atoms with Crippen LogP contribution in [0.5, 0.6) is 0 Å². The van der Waals surface area contributed by atoms with E-state index in [9.17, 15) is 0 Å². The number of nitrogens with zero attached hydrogens (tertiary/aromatic N) is 2. The van der Waals surface area contributed by atoms with Crippen LogP contribution in [0.1, 0.15) is 44.7 Å². The summed E-state index contributed by atoms with van der Waals surface area (Å²) < 4.78 is 2.02. The highest BCUT2D eigenvalue weighted by Gasteiger charge is 2.27. The van der Waals surface area contributed by atoms with Crippen molar-refractivity contribution in [2.24, 2.45) is 0 Å². The Balaban J connectivity index is 2.07. The van der Waals surface area contributed by atoms with Crippen LogP contribution in [0.2, 0.25) is 0 Å². The molecule has 0 amide bonds. The Hall–Kier alpha value is -0.480. The fourth-order valence-electron chi connectivity index (χ4n) is 2.34. The molecule has 2 atom stereocenters. The van der Waals surface area contributed by atoms with Crippen LogP contribution in [0.25, 0.3) is 0 Å². The Bertz CT molecular complexity index is 331. The first-order valence-corrected chi connectivity index (χ1v) is 7.77. The zero-order valence-corrected chi connectivity index (χ0v) is 11.7. The van der Waals surface area contributed by atoms with Crippen molar-refractivity contribution in [3.8, 4) is 0 Å². The minimum Gasteiger partial charge on any atom is -0.309 e. The van der Waals surface area contributed by atoms with Gasteiger partial charge in [0.2, 0.25) is 0 Å². The number of aromatic nitrogens is 2. The molecule has 1 aromatic heterocycles. The molecule has 1 aromatic rings. The van der Waals surface area contributed by atoms with Gasteiger partial charge in [-0.3, -0.25) is 4.68 Å². The number of hydrogen-bond donors (Lipinski definition) is 1. The maximum atomic E-state index is 4.40. The predicted octanol–water partition coefficient (Wildman–Crippen LogP) is 2.84. The van der Waals surface area contributed by atoms with Gasteiger partial charge in [0, 0.05) is 29.6 Å². The van der Waals surface area contributed by atoms with Crippen LogP contribution in [-0.2, 0) is 6.54 Å². The molecular formula is C13H23N3S. The molecule has 3 nitrogen and oxygen atoms in total. The van der Waals surface area contributed by atoms with Crippen molar-refractivity contribution in [1.82, 2.24) is 15.1 Å². The molecule has 1 saturated heterocycles. The van der Waals surface area contributed by atoms with E-state index in [1.807, 2.05) is 10.9 Å². The summed E-state index contributed by atoms with van der Waals surface area (Å²) in [6.07, 6.45) is 8.13. The van der Waals surface area contributed by atoms with Crippen molar-refractivity contribution in [3.63, 3.8) is 0 Å². The molecule has 0 aromatic carbocycles. The summed E-state index contributed by atoms with van der Waals surface area (Å²) in [5.74, 6) is 1.32. The quantitative estimate of drug-likeness (QED) is 0.845. The van der Waals surface area contributed by atoms with Gasteiger partial charge in [-0.05, 0) is 38.5 Å². The number of aryl methyl sites for hydroxylation is 1. The van der Waals surface area contributed by atoms with E-state index in [-0.39, 0.29) is 0 Å². The Labute approximate surface area is 108 Å². The third-order valence-electron chi connectivity index (χ3n) is 3.29. The van der Waals surface area contributed by atoms with Gasteiger partial charge in [-0.1, -0.05) is 6.92 Å². The zero-order chi connectivity index (χ0) is 12.1. The fourth-order valence-corrected chi connectivity index (χ4v) is 3.76. The summed E-state index contributed by atoms with van der Waals surface area (Å²) in [7, 11) is 0. The monoisotopic (exact) mass is 253 g/mol. The van der Waals surface area contributed by atoms with Crippen molar-refractivity contribution >= 4 is 11.8 Å². The molecule has 0 radical (unpaired) electrons. The van der Waals surface area contributed by atoms with Crippen LogP contribution in [-0.4, -0.2) is 27.3 Å². The van der Waals surface area contributed by atoms with Crippen molar-refractivity contribution in [3.05, 3.63) is 18.0 Å². The molecule has 2 heterocycles. The fraction of sp³-hybridized carbons (Fsp3) is 0.769. The SMILES string of the molecule is CCCNC(c1cnn(CC)c1)C1CCCS1. The predicted molar refractivity (Wildman–Crippen MR) is 74.4 cm³/mol. The van der Waals surface area contributed by atoms with Gasteiger partial charge in [0.1, 0.15) is 0 Å². The smallest absolute Gasteiger partial charge is 0.0538 e. The molecule has 17 heavy (non-hydrogen) atoms. The van der Waals surface area contributed by atoms with E-state index in [1.54, 1.807) is 0 Å². The van der Waals surface area contributed by atoms with Crippen LogP contribution in [0.4, 0.5) is 0 Å². The Morgan fingerprint density at radius 2 is 2.47 bits per heavy atom. The first-order valence-electron chi connectivity index (χ1n) is 6.72. The summed E-state index contributed by atoms with van der Waals surface area (Å²) in [4.78, 5) is 0. The minimum atomic E-state index is 0.489. The van der Waals surface area contributed by atoms with E-state index in [4.69, 9.17) is 0 Å². The molecule has 0 bridgehead atoms. The minimum absolute atomic E-state index is 0.489. The molecule has 2 unspecified atom stereocenters. The van der Waals surface area contributed by atoms with Crippen LogP contribution < -0.4 is 5.32 Å². The molecule has 96 valence electrons. The number of hydrogen-bond acceptors (Lipinski definition) is 3. The molecule has 2 rings (SSSR count). The van der Waals surface area contributed by atoms with E-state index in [1.165, 1.54) is 30.6 Å². The molecule has 0 aliphatic carbocycles. The molecule has 0 saturated carbocycles. The third-order valence-corrected chi connectivity index (χ3v) is 4.75. The van der Waals surface area contributed by atoms with Gasteiger partial charge < -0.3 is 5.32 Å². The lowest BCUT2D eigenvalue weighted by Crippen LogP contribution is -2.29. The maximum absolute atomic E-state index is 4.40. The molecule has 1 aliphatic heterocycles. The van der Waals surface area contributed by atoms with Crippen LogP contribution in [0, 0.1) is 0 Å². The summed E-state index contributed by atoms with van der Waals surface area (Å²) in [6.45, 7) is 6.41. The van der Waals surface area contributed by atoms with E-state index in [0.29, 0.717) is 6.04 Å². The van der Waals surface area contributed by atoms with E-state index in [2.05, 4.69) is 42.2 Å². The van der Waals surface area contributed by atoms with Crippen molar-refractivity contribution < 1.29 is 0 Å². The van der Waals surface area contributed by atoms with Crippen molar-refractivity contribution in [1.29, 1.82) is 0 Å². The molecule has 4 heteroatoms. The first kappa shape index (κ1) is 13.0. The average molecular weight is 253 g/mol.